The van der Waals surface area contributed by atoms with Crippen molar-refractivity contribution in [3.8, 4) is 0 Å². The maximum Gasteiger partial charge on any atom is 0.147 e. The summed E-state index contributed by atoms with van der Waals surface area (Å²) >= 11 is 0. The zero-order chi connectivity index (χ0) is 10.8. The Morgan fingerprint density at radius 2 is 1.93 bits per heavy atom. The van der Waals surface area contributed by atoms with Gasteiger partial charge in [-0.05, 0) is 32.1 Å². The predicted molar refractivity (Wildman–Crippen MR) is 59.1 cm³/mol. The van der Waals surface area contributed by atoms with Crippen molar-refractivity contribution in [3.05, 3.63) is 0 Å². The van der Waals surface area contributed by atoms with Crippen LogP contribution in [0.3, 0.4) is 0 Å². The molecule has 1 N–H and O–H groups in total. The first-order valence-electron chi connectivity index (χ1n) is 5.32. The van der Waals surface area contributed by atoms with E-state index in [-0.39, 0.29) is 0 Å². The Kier molecular flexibility index (Phi) is 3.95. The fourth-order valence-corrected chi connectivity index (χ4v) is 2.24. The Labute approximate surface area is 87.2 Å². The van der Waals surface area contributed by atoms with Gasteiger partial charge in [0.05, 0.1) is 5.75 Å². The van der Waals surface area contributed by atoms with Gasteiger partial charge in [0.15, 0.2) is 0 Å². The Bertz CT molecular complexity index is 270. The van der Waals surface area contributed by atoms with Crippen molar-refractivity contribution in [2.75, 3.05) is 12.0 Å². The third kappa shape index (κ3) is 4.96. The first-order valence-corrected chi connectivity index (χ1v) is 7.38. The monoisotopic (exact) mass is 219 g/mol. The quantitative estimate of drug-likeness (QED) is 0.730. The Morgan fingerprint density at radius 1 is 1.36 bits per heavy atom. The molecule has 84 valence electrons. The highest BCUT2D eigenvalue weighted by Crippen LogP contribution is 2.21. The average molecular weight is 219 g/mol. The molecule has 0 saturated heterocycles. The molecule has 0 bridgehead atoms. The van der Waals surface area contributed by atoms with Gasteiger partial charge in [-0.25, -0.2) is 8.42 Å². The van der Waals surface area contributed by atoms with E-state index in [4.69, 9.17) is 0 Å². The van der Waals surface area contributed by atoms with E-state index in [1.165, 1.54) is 19.1 Å². The molecule has 1 aliphatic carbocycles. The molecule has 1 aliphatic rings. The molecule has 0 aromatic heterocycles. The Balaban J connectivity index is 2.22. The van der Waals surface area contributed by atoms with Crippen LogP contribution in [-0.4, -0.2) is 32.5 Å². The van der Waals surface area contributed by atoms with Gasteiger partial charge in [-0.3, -0.25) is 0 Å². The molecule has 14 heavy (non-hydrogen) atoms. The maximum absolute atomic E-state index is 11.0. The summed E-state index contributed by atoms with van der Waals surface area (Å²) in [5.74, 6) is 0.746. The normalized spacial score (nSPS) is 21.9. The summed E-state index contributed by atoms with van der Waals surface area (Å²) in [5, 5.41) is 3.50. The summed E-state index contributed by atoms with van der Waals surface area (Å²) in [5.41, 5.74) is 0. The third-order valence-electron chi connectivity index (χ3n) is 2.87. The van der Waals surface area contributed by atoms with Crippen LogP contribution in [-0.2, 0) is 9.84 Å². The standard InChI is InChI=1S/C10H21NO2S/c1-8(6-7-14(3,12)13)9(2)11-10-4-5-10/h8-11H,4-7H2,1-3H3. The lowest BCUT2D eigenvalue weighted by atomic mass is 10.0. The second-order valence-electron chi connectivity index (χ2n) is 4.63. The number of nitrogens with one attached hydrogen (secondary N) is 1. The summed E-state index contributed by atoms with van der Waals surface area (Å²) in [7, 11) is -2.79. The van der Waals surface area contributed by atoms with Gasteiger partial charge >= 0.3 is 0 Å². The number of hydrogen-bond donors (Lipinski definition) is 1. The predicted octanol–water partition coefficient (Wildman–Crippen LogP) is 1.20. The number of hydrogen-bond acceptors (Lipinski definition) is 3. The van der Waals surface area contributed by atoms with Crippen LogP contribution in [0.15, 0.2) is 0 Å². The third-order valence-corrected chi connectivity index (χ3v) is 3.85. The van der Waals surface area contributed by atoms with Gasteiger partial charge in [0.2, 0.25) is 0 Å². The molecule has 0 aromatic carbocycles. The van der Waals surface area contributed by atoms with Crippen molar-refractivity contribution in [2.45, 2.75) is 45.2 Å². The minimum Gasteiger partial charge on any atom is -0.311 e. The van der Waals surface area contributed by atoms with Crippen LogP contribution in [0.5, 0.6) is 0 Å². The molecule has 0 aromatic rings. The van der Waals surface area contributed by atoms with Crippen LogP contribution in [0.2, 0.25) is 0 Å². The van der Waals surface area contributed by atoms with Crippen LogP contribution >= 0.6 is 0 Å². The summed E-state index contributed by atoms with van der Waals surface area (Å²) < 4.78 is 21.9. The number of sulfone groups is 1. The van der Waals surface area contributed by atoms with Crippen LogP contribution in [0.25, 0.3) is 0 Å². The van der Waals surface area contributed by atoms with Crippen molar-refractivity contribution in [3.63, 3.8) is 0 Å². The molecule has 2 unspecified atom stereocenters. The molecule has 1 fully saturated rings. The highest BCUT2D eigenvalue weighted by atomic mass is 32.2. The lowest BCUT2D eigenvalue weighted by Crippen LogP contribution is -2.34. The van der Waals surface area contributed by atoms with E-state index in [0.29, 0.717) is 23.8 Å². The molecule has 3 nitrogen and oxygen atoms in total. The van der Waals surface area contributed by atoms with Gasteiger partial charge in [0, 0.05) is 18.3 Å². The molecule has 0 heterocycles. The lowest BCUT2D eigenvalue weighted by Gasteiger charge is -2.20. The fourth-order valence-electron chi connectivity index (χ4n) is 1.44. The van der Waals surface area contributed by atoms with Crippen molar-refractivity contribution in [1.82, 2.24) is 5.32 Å². The zero-order valence-electron chi connectivity index (χ0n) is 9.29. The molecule has 2 atom stereocenters. The van der Waals surface area contributed by atoms with Crippen LogP contribution in [0.1, 0.15) is 33.1 Å². The second-order valence-corrected chi connectivity index (χ2v) is 6.89. The van der Waals surface area contributed by atoms with E-state index < -0.39 is 9.84 Å². The van der Waals surface area contributed by atoms with Crippen molar-refractivity contribution < 1.29 is 8.42 Å². The smallest absolute Gasteiger partial charge is 0.147 e. The van der Waals surface area contributed by atoms with E-state index >= 15 is 0 Å². The maximum atomic E-state index is 11.0. The van der Waals surface area contributed by atoms with Gasteiger partial charge < -0.3 is 5.32 Å². The van der Waals surface area contributed by atoms with Gasteiger partial charge in [-0.2, -0.15) is 0 Å². The molecule has 0 radical (unpaired) electrons. The lowest BCUT2D eigenvalue weighted by molar-refractivity contribution is 0.388. The van der Waals surface area contributed by atoms with Gasteiger partial charge in [-0.15, -0.1) is 0 Å². The highest BCUT2D eigenvalue weighted by Gasteiger charge is 2.25. The average Bonchev–Trinajstić information content (AvgIpc) is 2.82. The molecule has 0 amide bonds. The first-order chi connectivity index (χ1) is 6.38. The van der Waals surface area contributed by atoms with Crippen molar-refractivity contribution >= 4 is 9.84 Å². The van der Waals surface area contributed by atoms with Gasteiger partial charge in [-0.1, -0.05) is 6.92 Å². The van der Waals surface area contributed by atoms with Crippen LogP contribution in [0.4, 0.5) is 0 Å². The minimum absolute atomic E-state index is 0.310. The summed E-state index contributed by atoms with van der Waals surface area (Å²) in [6.07, 6.45) is 4.63. The molecule has 4 heteroatoms. The molecule has 0 aliphatic heterocycles. The van der Waals surface area contributed by atoms with Gasteiger partial charge in [0.1, 0.15) is 9.84 Å². The topological polar surface area (TPSA) is 46.2 Å². The SMILES string of the molecule is CC(CCS(C)(=O)=O)C(C)NC1CC1. The molecular weight excluding hydrogens is 198 g/mol. The van der Waals surface area contributed by atoms with E-state index in [1.54, 1.807) is 0 Å². The van der Waals surface area contributed by atoms with E-state index in [9.17, 15) is 8.42 Å². The van der Waals surface area contributed by atoms with E-state index in [1.807, 2.05) is 0 Å². The van der Waals surface area contributed by atoms with E-state index in [2.05, 4.69) is 19.2 Å². The van der Waals surface area contributed by atoms with Crippen LogP contribution in [0, 0.1) is 5.92 Å². The zero-order valence-corrected chi connectivity index (χ0v) is 10.1. The Morgan fingerprint density at radius 3 is 2.36 bits per heavy atom. The van der Waals surface area contributed by atoms with Crippen molar-refractivity contribution in [1.29, 1.82) is 0 Å². The molecular formula is C10H21NO2S. The minimum atomic E-state index is -2.79. The second kappa shape index (κ2) is 4.62. The van der Waals surface area contributed by atoms with Crippen molar-refractivity contribution in [2.24, 2.45) is 5.92 Å². The number of rotatable bonds is 6. The van der Waals surface area contributed by atoms with Crippen LogP contribution < -0.4 is 5.32 Å². The van der Waals surface area contributed by atoms with Gasteiger partial charge in [0.25, 0.3) is 0 Å². The largest absolute Gasteiger partial charge is 0.311 e. The van der Waals surface area contributed by atoms with E-state index in [0.717, 1.165) is 6.42 Å². The summed E-state index contributed by atoms with van der Waals surface area (Å²) in [6.45, 7) is 4.26. The summed E-state index contributed by atoms with van der Waals surface area (Å²) in [6, 6.07) is 1.13. The molecule has 1 saturated carbocycles. The molecule has 0 spiro atoms. The summed E-state index contributed by atoms with van der Waals surface area (Å²) in [4.78, 5) is 0. The highest BCUT2D eigenvalue weighted by molar-refractivity contribution is 7.90. The molecule has 1 rings (SSSR count). The first kappa shape index (κ1) is 12.0. The Hall–Kier alpha value is -0.0900. The fraction of sp³-hybridized carbons (Fsp3) is 1.00.